The van der Waals surface area contributed by atoms with E-state index in [2.05, 4.69) is 49.3 Å². The Morgan fingerprint density at radius 3 is 2.63 bits per heavy atom. The Morgan fingerprint density at radius 1 is 1.21 bits per heavy atom. The van der Waals surface area contributed by atoms with Gasteiger partial charge in [0.05, 0.1) is 0 Å². The Hall–Kier alpha value is -0.341. The first-order chi connectivity index (χ1) is 9.13. The van der Waals surface area contributed by atoms with Crippen molar-refractivity contribution in [2.24, 2.45) is 0 Å². The van der Waals surface area contributed by atoms with Crippen molar-refractivity contribution in [2.45, 2.75) is 6.92 Å². The number of allylic oxidation sites excluding steroid dienone is 1. The van der Waals surface area contributed by atoms with E-state index < -0.39 is 0 Å². The van der Waals surface area contributed by atoms with Crippen LogP contribution in [0.25, 0.3) is 23.2 Å². The number of hydrogen-bond acceptors (Lipinski definition) is 2. The predicted octanol–water partition coefficient (Wildman–Crippen LogP) is 4.90. The van der Waals surface area contributed by atoms with Crippen molar-refractivity contribution in [1.29, 1.82) is 0 Å². The summed E-state index contributed by atoms with van der Waals surface area (Å²) in [5, 5.41) is 0. The van der Waals surface area contributed by atoms with E-state index in [4.69, 9.17) is 0 Å². The van der Waals surface area contributed by atoms with E-state index in [9.17, 15) is 0 Å². The van der Waals surface area contributed by atoms with Crippen molar-refractivity contribution in [3.8, 4) is 9.31 Å². The summed E-state index contributed by atoms with van der Waals surface area (Å²) in [5.74, 6) is 0. The summed E-state index contributed by atoms with van der Waals surface area (Å²) in [5.41, 5.74) is 0. The van der Waals surface area contributed by atoms with Crippen molar-refractivity contribution < 1.29 is 0 Å². The average molecular weight is 414 g/mol. The Kier molecular flexibility index (Phi) is 4.00. The van der Waals surface area contributed by atoms with Crippen LogP contribution in [0.2, 0.25) is 0 Å². The minimum absolute atomic E-state index is 0.330. The van der Waals surface area contributed by atoms with Gasteiger partial charge in [-0.3, -0.25) is 0 Å². The molecule has 0 spiro atoms. The van der Waals surface area contributed by atoms with Gasteiger partial charge < -0.3 is 0 Å². The molecular weight excluding hydrogens is 402 g/mol. The molecule has 0 N–H and O–H groups in total. The zero-order valence-corrected chi connectivity index (χ0v) is 15.5. The summed E-state index contributed by atoms with van der Waals surface area (Å²) in [7, 11) is 0. The van der Waals surface area contributed by atoms with Crippen LogP contribution in [0.1, 0.15) is 11.8 Å². The SMILES string of the molecule is C=C(C)[Se]C(=C)c1cc2sc(-c3ccc[se]3)cc2s1. The maximum absolute atomic E-state index is 4.20. The molecule has 3 aromatic rings. The second-order valence-electron chi connectivity index (χ2n) is 4.15. The fraction of sp³-hybridized carbons (Fsp3) is 0.0667. The van der Waals surface area contributed by atoms with Gasteiger partial charge in [-0.15, -0.1) is 0 Å². The van der Waals surface area contributed by atoms with Gasteiger partial charge in [0.15, 0.2) is 0 Å². The first-order valence-electron chi connectivity index (χ1n) is 5.73. The summed E-state index contributed by atoms with van der Waals surface area (Å²) in [4.78, 5) is 5.05. The zero-order valence-electron chi connectivity index (χ0n) is 10.4. The molecule has 3 rings (SSSR count). The Bertz CT molecular complexity index is 713. The summed E-state index contributed by atoms with van der Waals surface area (Å²) < 4.78 is 6.79. The van der Waals surface area contributed by atoms with E-state index >= 15 is 0 Å². The molecule has 3 aromatic heterocycles. The van der Waals surface area contributed by atoms with Gasteiger partial charge in [-0.1, -0.05) is 0 Å². The molecule has 0 atom stereocenters. The molecule has 0 aliphatic carbocycles. The van der Waals surface area contributed by atoms with E-state index in [1.54, 1.807) is 0 Å². The van der Waals surface area contributed by atoms with Gasteiger partial charge in [-0.25, -0.2) is 0 Å². The molecule has 19 heavy (non-hydrogen) atoms. The molecular formula is C15H12S2Se2. The number of thiophene rings is 2. The molecule has 3 heterocycles. The van der Waals surface area contributed by atoms with E-state index in [0.29, 0.717) is 29.5 Å². The summed E-state index contributed by atoms with van der Waals surface area (Å²) in [6, 6.07) is 9.07. The van der Waals surface area contributed by atoms with Crippen LogP contribution in [-0.4, -0.2) is 29.5 Å². The molecule has 0 fully saturated rings. The first-order valence-corrected chi connectivity index (χ1v) is 10.9. The van der Waals surface area contributed by atoms with Gasteiger partial charge in [0.2, 0.25) is 0 Å². The summed E-state index contributed by atoms with van der Waals surface area (Å²) in [6.45, 7) is 10.3. The van der Waals surface area contributed by atoms with Crippen molar-refractivity contribution >= 4 is 66.0 Å². The Balaban J connectivity index is 1.94. The van der Waals surface area contributed by atoms with Crippen LogP contribution in [0.3, 0.4) is 0 Å². The second kappa shape index (κ2) is 5.57. The summed E-state index contributed by atoms with van der Waals surface area (Å²) in [6.07, 6.45) is 0. The molecule has 0 aliphatic heterocycles. The maximum atomic E-state index is 4.20. The molecule has 0 bridgehead atoms. The summed E-state index contributed by atoms with van der Waals surface area (Å²) >= 11 is 4.64. The molecule has 0 saturated heterocycles. The minimum atomic E-state index is 0.330. The van der Waals surface area contributed by atoms with Crippen LogP contribution in [0, 0.1) is 0 Å². The van der Waals surface area contributed by atoms with Crippen LogP contribution < -0.4 is 0 Å². The molecule has 0 unspecified atom stereocenters. The van der Waals surface area contributed by atoms with Gasteiger partial charge in [-0.2, -0.15) is 0 Å². The second-order valence-corrected chi connectivity index (χ2v) is 11.2. The van der Waals surface area contributed by atoms with E-state index in [1.165, 1.54) is 32.5 Å². The third-order valence-corrected chi connectivity index (χ3v) is 9.12. The molecule has 4 heteroatoms. The zero-order chi connectivity index (χ0) is 13.4. The van der Waals surface area contributed by atoms with Crippen molar-refractivity contribution in [3.05, 3.63) is 51.7 Å². The third-order valence-electron chi connectivity index (χ3n) is 2.54. The van der Waals surface area contributed by atoms with Crippen LogP contribution in [-0.2, 0) is 0 Å². The molecule has 0 saturated carbocycles. The molecule has 0 radical (unpaired) electrons. The van der Waals surface area contributed by atoms with Crippen molar-refractivity contribution in [2.75, 3.05) is 0 Å². The van der Waals surface area contributed by atoms with Gasteiger partial charge in [0, 0.05) is 0 Å². The van der Waals surface area contributed by atoms with Gasteiger partial charge in [0.25, 0.3) is 0 Å². The standard InChI is InChI=1S/C15H12S2Se2/c1-9(2)19-10(3)11-7-12-13(16-11)8-14(17-12)15-5-4-6-18-15/h4-8H,1,3H2,2H3. The fourth-order valence-electron chi connectivity index (χ4n) is 1.77. The van der Waals surface area contributed by atoms with Gasteiger partial charge in [0.1, 0.15) is 0 Å². The Labute approximate surface area is 133 Å². The van der Waals surface area contributed by atoms with Crippen LogP contribution in [0.15, 0.2) is 46.8 Å². The van der Waals surface area contributed by atoms with Crippen LogP contribution >= 0.6 is 22.7 Å². The van der Waals surface area contributed by atoms with Crippen molar-refractivity contribution in [3.63, 3.8) is 0 Å². The number of rotatable bonds is 4. The van der Waals surface area contributed by atoms with Crippen LogP contribution in [0.5, 0.6) is 0 Å². The molecule has 0 nitrogen and oxygen atoms in total. The van der Waals surface area contributed by atoms with E-state index in [1.807, 2.05) is 22.7 Å². The first kappa shape index (κ1) is 13.6. The monoisotopic (exact) mass is 416 g/mol. The Morgan fingerprint density at radius 2 is 2.00 bits per heavy atom. The van der Waals surface area contributed by atoms with Gasteiger partial charge in [-0.05, 0) is 0 Å². The normalized spacial score (nSPS) is 11.0. The molecule has 0 amide bonds. The van der Waals surface area contributed by atoms with Crippen molar-refractivity contribution in [1.82, 2.24) is 0 Å². The number of fused-ring (bicyclic) bond motifs is 1. The quantitative estimate of drug-likeness (QED) is 0.533. The number of hydrogen-bond donors (Lipinski definition) is 0. The topological polar surface area (TPSA) is 0 Å². The van der Waals surface area contributed by atoms with Crippen LogP contribution in [0.4, 0.5) is 0 Å². The van der Waals surface area contributed by atoms with E-state index in [-0.39, 0.29) is 0 Å². The third kappa shape index (κ3) is 2.90. The van der Waals surface area contributed by atoms with Gasteiger partial charge >= 0.3 is 134 Å². The fourth-order valence-corrected chi connectivity index (χ4v) is 7.50. The molecule has 0 aliphatic rings. The molecule has 0 aromatic carbocycles. The van der Waals surface area contributed by atoms with E-state index in [0.717, 1.165) is 0 Å². The molecule has 96 valence electrons. The average Bonchev–Trinajstić information content (AvgIpc) is 3.02. The predicted molar refractivity (Wildman–Crippen MR) is 91.7 cm³/mol.